The van der Waals surface area contributed by atoms with Crippen LogP contribution >= 0.6 is 0 Å². The summed E-state index contributed by atoms with van der Waals surface area (Å²) in [6, 6.07) is 0. The van der Waals surface area contributed by atoms with E-state index in [0.29, 0.717) is 13.2 Å². The van der Waals surface area contributed by atoms with Gasteiger partial charge in [-0.25, -0.2) is 0 Å². The van der Waals surface area contributed by atoms with Crippen LogP contribution in [-0.2, 0) is 14.0 Å². The summed E-state index contributed by atoms with van der Waals surface area (Å²) >= 11 is 0. The van der Waals surface area contributed by atoms with Crippen LogP contribution in [0, 0.1) is 0 Å². The molecule has 0 aliphatic carbocycles. The summed E-state index contributed by atoms with van der Waals surface area (Å²) < 4.78 is 15.3. The average Bonchev–Trinajstić information content (AvgIpc) is 2.10. The molecule has 0 saturated heterocycles. The molecule has 3 nitrogen and oxygen atoms in total. The largest absolute Gasteiger partial charge is 0.712 e. The van der Waals surface area contributed by atoms with E-state index in [0.717, 1.165) is 0 Å². The maximum Gasteiger partial charge on any atom is 0.712 e. The van der Waals surface area contributed by atoms with Gasteiger partial charge in [0, 0.05) is 6.61 Å². The zero-order valence-corrected chi connectivity index (χ0v) is 7.66. The monoisotopic (exact) mass is 170 g/mol. The first-order chi connectivity index (χ1) is 5.85. The van der Waals surface area contributed by atoms with E-state index in [1.54, 1.807) is 12.2 Å². The smallest absolute Gasteiger partial charge is 0.518 e. The van der Waals surface area contributed by atoms with Crippen LogP contribution in [0.4, 0.5) is 0 Å². The summed E-state index contributed by atoms with van der Waals surface area (Å²) in [4.78, 5) is 0. The minimum Gasteiger partial charge on any atom is -0.518 e. The molecule has 0 saturated carbocycles. The Balaban J connectivity index is 3.60. The van der Waals surface area contributed by atoms with E-state index >= 15 is 0 Å². The maximum absolute atomic E-state index is 5.12. The Kier molecular flexibility index (Phi) is 7.85. The quantitative estimate of drug-likeness (QED) is 0.331. The molecule has 0 unspecified atom stereocenters. The van der Waals surface area contributed by atoms with Crippen molar-refractivity contribution in [3.63, 3.8) is 0 Å². The Bertz CT molecular complexity index is 136. The van der Waals surface area contributed by atoms with Crippen molar-refractivity contribution in [2.75, 3.05) is 13.2 Å². The second kappa shape index (κ2) is 8.36. The van der Waals surface area contributed by atoms with Gasteiger partial charge in [-0.15, -0.1) is 6.58 Å². The molecule has 0 aromatic heterocycles. The van der Waals surface area contributed by atoms with Crippen LogP contribution in [0.25, 0.3) is 0 Å². The molecule has 0 aromatic rings. The molecular formula is C8H15BO3. The van der Waals surface area contributed by atoms with Crippen LogP contribution in [0.1, 0.15) is 13.8 Å². The molecule has 0 aromatic carbocycles. The predicted molar refractivity (Wildman–Crippen MR) is 49.4 cm³/mol. The number of allylic oxidation sites excluding steroid dienone is 1. The second-order valence-corrected chi connectivity index (χ2v) is 1.97. The van der Waals surface area contributed by atoms with Crippen LogP contribution in [0.15, 0.2) is 25.0 Å². The molecule has 0 atom stereocenters. The first-order valence-corrected chi connectivity index (χ1v) is 3.95. The lowest BCUT2D eigenvalue weighted by molar-refractivity contribution is 0.143. The lowest BCUT2D eigenvalue weighted by Crippen LogP contribution is -2.25. The van der Waals surface area contributed by atoms with E-state index < -0.39 is 7.32 Å². The lowest BCUT2D eigenvalue weighted by Gasteiger charge is -2.09. The molecule has 0 amide bonds. The van der Waals surface area contributed by atoms with Gasteiger partial charge >= 0.3 is 7.32 Å². The molecule has 68 valence electrons. The molecule has 12 heavy (non-hydrogen) atoms. The number of hydrogen-bond acceptors (Lipinski definition) is 3. The normalized spacial score (nSPS) is 10.2. The van der Waals surface area contributed by atoms with Gasteiger partial charge in [0.15, 0.2) is 0 Å². The van der Waals surface area contributed by atoms with Crippen molar-refractivity contribution in [2.45, 2.75) is 13.8 Å². The fourth-order valence-electron chi connectivity index (χ4n) is 0.552. The zero-order valence-electron chi connectivity index (χ0n) is 7.66. The third kappa shape index (κ3) is 6.01. The SMILES string of the molecule is C=CCOB(O/C=C/C)OCC. The van der Waals surface area contributed by atoms with Gasteiger partial charge in [-0.05, 0) is 13.8 Å². The van der Waals surface area contributed by atoms with Crippen LogP contribution in [0.3, 0.4) is 0 Å². The van der Waals surface area contributed by atoms with Gasteiger partial charge in [0.2, 0.25) is 0 Å². The van der Waals surface area contributed by atoms with E-state index in [1.165, 1.54) is 6.26 Å². The highest BCUT2D eigenvalue weighted by Crippen LogP contribution is 1.93. The number of rotatable bonds is 7. The summed E-state index contributed by atoms with van der Waals surface area (Å²) in [5.74, 6) is 0. The zero-order chi connectivity index (χ0) is 9.23. The fourth-order valence-corrected chi connectivity index (χ4v) is 0.552. The molecular weight excluding hydrogens is 155 g/mol. The van der Waals surface area contributed by atoms with E-state index in [-0.39, 0.29) is 0 Å². The van der Waals surface area contributed by atoms with Crippen molar-refractivity contribution in [3.05, 3.63) is 25.0 Å². The molecule has 0 fully saturated rings. The van der Waals surface area contributed by atoms with Crippen molar-refractivity contribution in [2.24, 2.45) is 0 Å². The topological polar surface area (TPSA) is 27.7 Å². The van der Waals surface area contributed by atoms with E-state index in [2.05, 4.69) is 6.58 Å². The second-order valence-electron chi connectivity index (χ2n) is 1.97. The van der Waals surface area contributed by atoms with Crippen LogP contribution in [0.5, 0.6) is 0 Å². The standard InChI is InChI=1S/C8H15BO3/c1-4-7-11-9(10-6-3)12-8-5-2/h4-5,8H,1,6-7H2,2-3H3/b8-5+. The molecule has 0 heterocycles. The highest BCUT2D eigenvalue weighted by Gasteiger charge is 2.19. The minimum absolute atomic E-state index is 0.419. The first-order valence-electron chi connectivity index (χ1n) is 3.95. The van der Waals surface area contributed by atoms with Gasteiger partial charge in [0.05, 0.1) is 12.9 Å². The molecule has 4 heteroatoms. The summed E-state index contributed by atoms with van der Waals surface area (Å²) in [7, 11) is -0.621. The van der Waals surface area contributed by atoms with E-state index in [4.69, 9.17) is 14.0 Å². The lowest BCUT2D eigenvalue weighted by atomic mass is 10.2. The van der Waals surface area contributed by atoms with Crippen molar-refractivity contribution < 1.29 is 14.0 Å². The highest BCUT2D eigenvalue weighted by atomic mass is 16.7. The number of hydrogen-bond donors (Lipinski definition) is 0. The minimum atomic E-state index is -0.621. The third-order valence-electron chi connectivity index (χ3n) is 0.979. The summed E-state index contributed by atoms with van der Waals surface area (Å²) in [5, 5.41) is 0. The molecule has 0 bridgehead atoms. The van der Waals surface area contributed by atoms with Gasteiger partial charge in [-0.3, -0.25) is 0 Å². The van der Waals surface area contributed by atoms with Gasteiger partial charge < -0.3 is 14.0 Å². The van der Waals surface area contributed by atoms with Crippen molar-refractivity contribution >= 4 is 7.32 Å². The summed E-state index contributed by atoms with van der Waals surface area (Å²) in [6.45, 7) is 8.23. The van der Waals surface area contributed by atoms with Gasteiger partial charge in [0.25, 0.3) is 0 Å². The fraction of sp³-hybridized carbons (Fsp3) is 0.500. The molecule has 0 spiro atoms. The van der Waals surface area contributed by atoms with E-state index in [9.17, 15) is 0 Å². The van der Waals surface area contributed by atoms with Crippen LogP contribution in [0.2, 0.25) is 0 Å². The highest BCUT2D eigenvalue weighted by molar-refractivity contribution is 6.36. The van der Waals surface area contributed by atoms with Crippen molar-refractivity contribution in [3.8, 4) is 0 Å². The van der Waals surface area contributed by atoms with E-state index in [1.807, 2.05) is 13.8 Å². The van der Waals surface area contributed by atoms with Crippen molar-refractivity contribution in [1.29, 1.82) is 0 Å². The summed E-state index contributed by atoms with van der Waals surface area (Å²) in [5.41, 5.74) is 0. The van der Waals surface area contributed by atoms with Crippen LogP contribution in [-0.4, -0.2) is 20.5 Å². The average molecular weight is 170 g/mol. The Morgan fingerprint density at radius 1 is 1.42 bits per heavy atom. The Hall–Kier alpha value is -0.735. The third-order valence-corrected chi connectivity index (χ3v) is 0.979. The van der Waals surface area contributed by atoms with Crippen LogP contribution < -0.4 is 0 Å². The molecule has 0 aliphatic heterocycles. The maximum atomic E-state index is 5.12. The Labute approximate surface area is 74.2 Å². The van der Waals surface area contributed by atoms with Gasteiger partial charge in [-0.2, -0.15) is 0 Å². The Morgan fingerprint density at radius 3 is 2.67 bits per heavy atom. The summed E-state index contributed by atoms with van der Waals surface area (Å²) in [6.07, 6.45) is 4.94. The van der Waals surface area contributed by atoms with Crippen molar-refractivity contribution in [1.82, 2.24) is 0 Å². The molecule has 0 rings (SSSR count). The molecule has 0 radical (unpaired) electrons. The Morgan fingerprint density at radius 2 is 2.17 bits per heavy atom. The first kappa shape index (κ1) is 11.3. The molecule has 0 N–H and O–H groups in total. The molecule has 0 aliphatic rings. The van der Waals surface area contributed by atoms with Gasteiger partial charge in [0.1, 0.15) is 0 Å². The van der Waals surface area contributed by atoms with Gasteiger partial charge in [-0.1, -0.05) is 12.2 Å². The predicted octanol–water partition coefficient (Wildman–Crippen LogP) is 1.76.